The smallest absolute Gasteiger partial charge is 0.246 e. The van der Waals surface area contributed by atoms with Gasteiger partial charge in [-0.2, -0.15) is 5.10 Å². The van der Waals surface area contributed by atoms with Gasteiger partial charge in [0.05, 0.1) is 5.69 Å². The van der Waals surface area contributed by atoms with Crippen molar-refractivity contribution in [1.29, 1.82) is 0 Å². The second kappa shape index (κ2) is 5.71. The fourth-order valence-corrected chi connectivity index (χ4v) is 3.13. The topological polar surface area (TPSA) is 90.0 Å². The lowest BCUT2D eigenvalue weighted by atomic mass is 10.1. The van der Waals surface area contributed by atoms with Crippen molar-refractivity contribution in [2.45, 2.75) is 38.5 Å². The molecule has 0 saturated heterocycles. The van der Waals surface area contributed by atoms with E-state index < -0.39 is 10.0 Å². The zero-order valence-electron chi connectivity index (χ0n) is 11.4. The van der Waals surface area contributed by atoms with E-state index in [2.05, 4.69) is 23.7 Å². The number of rotatable bonds is 6. The zero-order chi connectivity index (χ0) is 13.9. The Kier molecular flexibility index (Phi) is 4.75. The summed E-state index contributed by atoms with van der Waals surface area (Å²) >= 11 is 0. The molecule has 104 valence electrons. The molecule has 1 aromatic rings. The summed E-state index contributed by atoms with van der Waals surface area (Å²) in [5.74, 6) is 0.617. The maximum absolute atomic E-state index is 12.1. The van der Waals surface area contributed by atoms with Gasteiger partial charge in [0.2, 0.25) is 10.0 Å². The summed E-state index contributed by atoms with van der Waals surface area (Å²) in [5.41, 5.74) is 6.17. The first-order chi connectivity index (χ1) is 8.25. The lowest BCUT2D eigenvalue weighted by Gasteiger charge is -2.08. The van der Waals surface area contributed by atoms with Crippen LogP contribution in [0.5, 0.6) is 0 Å². The highest BCUT2D eigenvalue weighted by Crippen LogP contribution is 2.20. The fourth-order valence-electron chi connectivity index (χ4n) is 1.74. The summed E-state index contributed by atoms with van der Waals surface area (Å²) in [6, 6.07) is 0. The molecule has 0 fully saturated rings. The Labute approximate surface area is 109 Å². The Bertz CT molecular complexity index is 505. The molecule has 0 spiro atoms. The van der Waals surface area contributed by atoms with E-state index in [0.717, 1.165) is 12.8 Å². The van der Waals surface area contributed by atoms with Crippen LogP contribution in [0.3, 0.4) is 0 Å². The van der Waals surface area contributed by atoms with Crippen molar-refractivity contribution in [3.63, 3.8) is 0 Å². The van der Waals surface area contributed by atoms with Gasteiger partial charge >= 0.3 is 0 Å². The number of hydrogen-bond donors (Lipinski definition) is 2. The molecular formula is C11H22N4O2S. The minimum atomic E-state index is -3.56. The predicted octanol–water partition coefficient (Wildman–Crippen LogP) is 1.03. The summed E-state index contributed by atoms with van der Waals surface area (Å²) in [6.07, 6.45) is 1.81. The van der Waals surface area contributed by atoms with Crippen molar-refractivity contribution >= 4 is 15.8 Å². The molecule has 3 N–H and O–H groups in total. The minimum Gasteiger partial charge on any atom is -0.381 e. The van der Waals surface area contributed by atoms with E-state index in [0.29, 0.717) is 18.2 Å². The second-order valence-electron chi connectivity index (χ2n) is 4.86. The van der Waals surface area contributed by atoms with E-state index in [1.54, 1.807) is 14.0 Å². The molecule has 1 heterocycles. The van der Waals surface area contributed by atoms with E-state index in [-0.39, 0.29) is 10.7 Å². The molecule has 0 amide bonds. The first-order valence-electron chi connectivity index (χ1n) is 6.04. The first kappa shape index (κ1) is 15.0. The van der Waals surface area contributed by atoms with Crippen LogP contribution >= 0.6 is 0 Å². The van der Waals surface area contributed by atoms with Crippen LogP contribution in [0.25, 0.3) is 0 Å². The van der Waals surface area contributed by atoms with Crippen molar-refractivity contribution in [2.24, 2.45) is 13.0 Å². The van der Waals surface area contributed by atoms with Crippen LogP contribution in [0.4, 0.5) is 5.82 Å². The average Bonchev–Trinajstić information content (AvgIpc) is 2.48. The van der Waals surface area contributed by atoms with E-state index in [4.69, 9.17) is 5.73 Å². The van der Waals surface area contributed by atoms with Crippen molar-refractivity contribution in [2.75, 3.05) is 12.3 Å². The SMILES string of the molecule is Cc1c(S(=O)(=O)NCCCC(C)C)c(N)nn1C. The number of sulfonamides is 1. The van der Waals surface area contributed by atoms with Crippen molar-refractivity contribution < 1.29 is 8.42 Å². The van der Waals surface area contributed by atoms with Crippen LogP contribution in [-0.2, 0) is 17.1 Å². The van der Waals surface area contributed by atoms with Gasteiger partial charge in [-0.3, -0.25) is 4.68 Å². The first-order valence-corrected chi connectivity index (χ1v) is 7.52. The lowest BCUT2D eigenvalue weighted by molar-refractivity contribution is 0.539. The molecule has 1 rings (SSSR count). The number of nitrogens with two attached hydrogens (primary N) is 1. The molecule has 0 aromatic carbocycles. The molecule has 7 heteroatoms. The third kappa shape index (κ3) is 3.46. The highest BCUT2D eigenvalue weighted by molar-refractivity contribution is 7.89. The standard InChI is InChI=1S/C11H22N4O2S/c1-8(2)6-5-7-13-18(16,17)10-9(3)15(4)14-11(10)12/h8,13H,5-7H2,1-4H3,(H2,12,14). The Morgan fingerprint density at radius 1 is 1.44 bits per heavy atom. The largest absolute Gasteiger partial charge is 0.381 e. The molecule has 0 bridgehead atoms. The zero-order valence-corrected chi connectivity index (χ0v) is 12.2. The molecule has 0 radical (unpaired) electrons. The van der Waals surface area contributed by atoms with Crippen molar-refractivity contribution in [3.8, 4) is 0 Å². The molecular weight excluding hydrogens is 252 g/mol. The molecule has 6 nitrogen and oxygen atoms in total. The quantitative estimate of drug-likeness (QED) is 0.758. The van der Waals surface area contributed by atoms with Gasteiger partial charge in [0.1, 0.15) is 4.90 Å². The number of nitrogen functional groups attached to an aromatic ring is 1. The van der Waals surface area contributed by atoms with E-state index in [1.165, 1.54) is 4.68 Å². The number of hydrogen-bond acceptors (Lipinski definition) is 4. The summed E-state index contributed by atoms with van der Waals surface area (Å²) < 4.78 is 28.2. The van der Waals surface area contributed by atoms with Gasteiger partial charge in [0.15, 0.2) is 5.82 Å². The Balaban J connectivity index is 2.75. The van der Waals surface area contributed by atoms with Crippen LogP contribution in [0, 0.1) is 12.8 Å². The normalized spacial score (nSPS) is 12.3. The van der Waals surface area contributed by atoms with Gasteiger partial charge < -0.3 is 5.73 Å². The fraction of sp³-hybridized carbons (Fsp3) is 0.727. The Hall–Kier alpha value is -1.08. The molecule has 0 aliphatic rings. The molecule has 0 aliphatic carbocycles. The van der Waals surface area contributed by atoms with Gasteiger partial charge in [0.25, 0.3) is 0 Å². The number of anilines is 1. The maximum Gasteiger partial charge on any atom is 0.246 e. The number of aryl methyl sites for hydroxylation is 1. The van der Waals surface area contributed by atoms with E-state index in [1.807, 2.05) is 0 Å². The Morgan fingerprint density at radius 2 is 2.06 bits per heavy atom. The number of nitrogens with one attached hydrogen (secondary N) is 1. The van der Waals surface area contributed by atoms with Crippen LogP contribution in [0.1, 0.15) is 32.4 Å². The lowest BCUT2D eigenvalue weighted by Crippen LogP contribution is -2.26. The third-order valence-corrected chi connectivity index (χ3v) is 4.45. The molecule has 1 aromatic heterocycles. The second-order valence-corrected chi connectivity index (χ2v) is 6.56. The molecule has 0 aliphatic heterocycles. The van der Waals surface area contributed by atoms with Crippen molar-refractivity contribution in [1.82, 2.24) is 14.5 Å². The summed E-state index contributed by atoms with van der Waals surface area (Å²) in [4.78, 5) is 0.0922. The van der Waals surface area contributed by atoms with E-state index in [9.17, 15) is 8.42 Å². The van der Waals surface area contributed by atoms with Gasteiger partial charge in [0, 0.05) is 13.6 Å². The van der Waals surface area contributed by atoms with Crippen molar-refractivity contribution in [3.05, 3.63) is 5.69 Å². The third-order valence-electron chi connectivity index (χ3n) is 2.82. The van der Waals surface area contributed by atoms with Gasteiger partial charge in [-0.05, 0) is 25.7 Å². The minimum absolute atomic E-state index is 0.0476. The van der Waals surface area contributed by atoms with E-state index >= 15 is 0 Å². The predicted molar refractivity (Wildman–Crippen MR) is 71.6 cm³/mol. The van der Waals surface area contributed by atoms with Gasteiger partial charge in [-0.1, -0.05) is 13.8 Å². The number of aromatic nitrogens is 2. The van der Waals surface area contributed by atoms with Gasteiger partial charge in [-0.15, -0.1) is 0 Å². The maximum atomic E-state index is 12.1. The highest BCUT2D eigenvalue weighted by Gasteiger charge is 2.23. The molecule has 18 heavy (non-hydrogen) atoms. The highest BCUT2D eigenvalue weighted by atomic mass is 32.2. The molecule has 0 saturated carbocycles. The molecule has 0 atom stereocenters. The summed E-state index contributed by atoms with van der Waals surface area (Å²) in [5, 5.41) is 3.91. The monoisotopic (exact) mass is 274 g/mol. The van der Waals surface area contributed by atoms with Crippen LogP contribution < -0.4 is 10.5 Å². The van der Waals surface area contributed by atoms with Crippen LogP contribution in [0.15, 0.2) is 4.90 Å². The summed E-state index contributed by atoms with van der Waals surface area (Å²) in [6.45, 7) is 6.33. The number of nitrogens with zero attached hydrogens (tertiary/aromatic N) is 2. The summed E-state index contributed by atoms with van der Waals surface area (Å²) in [7, 11) is -1.89. The molecule has 0 unspecified atom stereocenters. The van der Waals surface area contributed by atoms with Crippen LogP contribution in [-0.4, -0.2) is 24.7 Å². The van der Waals surface area contributed by atoms with Crippen LogP contribution in [0.2, 0.25) is 0 Å². The average molecular weight is 274 g/mol. The Morgan fingerprint density at radius 3 is 2.50 bits per heavy atom. The van der Waals surface area contributed by atoms with Gasteiger partial charge in [-0.25, -0.2) is 13.1 Å².